The van der Waals surface area contributed by atoms with Crippen molar-refractivity contribution in [2.24, 2.45) is 9.39 Å². The van der Waals surface area contributed by atoms with E-state index in [0.29, 0.717) is 29.0 Å². The highest BCUT2D eigenvalue weighted by molar-refractivity contribution is 7.98. The van der Waals surface area contributed by atoms with Crippen LogP contribution >= 0.6 is 11.9 Å². The van der Waals surface area contributed by atoms with Gasteiger partial charge in [0.25, 0.3) is 0 Å². The Morgan fingerprint density at radius 3 is 2.33 bits per heavy atom. The fourth-order valence-corrected chi connectivity index (χ4v) is 4.27. The highest BCUT2D eigenvalue weighted by Gasteiger charge is 2.18. The van der Waals surface area contributed by atoms with Gasteiger partial charge in [-0.2, -0.15) is 4.40 Å². The molecule has 0 saturated heterocycles. The number of urea groups is 1. The number of allylic oxidation sites excluding steroid dienone is 1. The maximum Gasteiger partial charge on any atom is 0.323 e. The summed E-state index contributed by atoms with van der Waals surface area (Å²) < 4.78 is 10.7. The van der Waals surface area contributed by atoms with Crippen molar-refractivity contribution < 1.29 is 9.53 Å². The quantitative estimate of drug-likeness (QED) is 0.415. The molecule has 0 saturated carbocycles. The van der Waals surface area contributed by atoms with E-state index in [-0.39, 0.29) is 6.03 Å². The van der Waals surface area contributed by atoms with E-state index in [1.54, 1.807) is 12.1 Å². The SMILES string of the molecule is Cc1cccc(C)c1C1=NC2=NSc3cccc(c3)NC(=O)Nc3cccc(c3)OC(=C1)N2. The molecule has 2 heterocycles. The van der Waals surface area contributed by atoms with Crippen molar-refractivity contribution in [3.05, 3.63) is 95.4 Å². The fraction of sp³-hybridized carbons (Fsp3) is 0.0800. The number of nitrogens with zero attached hydrogens (tertiary/aromatic N) is 2. The van der Waals surface area contributed by atoms with E-state index in [2.05, 4.69) is 46.3 Å². The third kappa shape index (κ3) is 4.75. The summed E-state index contributed by atoms with van der Waals surface area (Å²) in [6.45, 7) is 4.12. The maximum absolute atomic E-state index is 12.4. The van der Waals surface area contributed by atoms with E-state index in [4.69, 9.17) is 9.73 Å². The van der Waals surface area contributed by atoms with Crippen LogP contribution in [0.4, 0.5) is 16.2 Å². The van der Waals surface area contributed by atoms with Crippen LogP contribution in [0, 0.1) is 13.8 Å². The third-order valence-electron chi connectivity index (χ3n) is 5.12. The van der Waals surface area contributed by atoms with Crippen LogP contribution in [0.15, 0.2) is 93.0 Å². The summed E-state index contributed by atoms with van der Waals surface area (Å²) in [5.74, 6) is 1.48. The monoisotopic (exact) mass is 455 g/mol. The minimum Gasteiger partial charge on any atom is -0.441 e. The lowest BCUT2D eigenvalue weighted by atomic mass is 9.98. The van der Waals surface area contributed by atoms with Gasteiger partial charge in [-0.25, -0.2) is 9.79 Å². The average Bonchev–Trinajstić information content (AvgIpc) is 2.77. The number of anilines is 2. The van der Waals surface area contributed by atoms with Crippen LogP contribution in [0.25, 0.3) is 0 Å². The van der Waals surface area contributed by atoms with Crippen molar-refractivity contribution in [1.29, 1.82) is 0 Å². The molecule has 8 heteroatoms. The van der Waals surface area contributed by atoms with Crippen molar-refractivity contribution in [1.82, 2.24) is 5.32 Å². The summed E-state index contributed by atoms with van der Waals surface area (Å²) in [5, 5.41) is 8.84. The topological polar surface area (TPSA) is 87.1 Å². The Labute approximate surface area is 195 Å². The molecule has 2 aliphatic rings. The van der Waals surface area contributed by atoms with Crippen LogP contribution in [0.1, 0.15) is 16.7 Å². The number of ether oxygens (including phenoxy) is 1. The standard InChI is InChI=1S/C25H21N5O2S/c1-15-6-3-7-16(2)23(15)21-14-22-29-24(28-21)30-33-20-11-5-9-18(13-20)27-25(31)26-17-8-4-10-19(12-17)32-22/h3-14H,1-2H3,(H2,26,27,31)(H,28,29,30). The van der Waals surface area contributed by atoms with Crippen molar-refractivity contribution in [3.63, 3.8) is 0 Å². The van der Waals surface area contributed by atoms with Crippen LogP contribution in [0.2, 0.25) is 0 Å². The normalized spacial score (nSPS) is 15.2. The molecule has 2 aliphatic heterocycles. The zero-order valence-corrected chi connectivity index (χ0v) is 18.9. The molecule has 3 N–H and O–H groups in total. The van der Waals surface area contributed by atoms with Crippen LogP contribution < -0.4 is 20.7 Å². The summed E-state index contributed by atoms with van der Waals surface area (Å²) in [6.07, 6.45) is 1.87. The van der Waals surface area contributed by atoms with E-state index >= 15 is 0 Å². The summed E-state index contributed by atoms with van der Waals surface area (Å²) in [4.78, 5) is 18.1. The first kappa shape index (κ1) is 20.8. The molecule has 3 aromatic carbocycles. The molecule has 0 unspecified atom stereocenters. The molecule has 2 amide bonds. The van der Waals surface area contributed by atoms with Gasteiger partial charge in [0, 0.05) is 45.9 Å². The van der Waals surface area contributed by atoms with E-state index < -0.39 is 0 Å². The molecule has 0 aliphatic carbocycles. The summed E-state index contributed by atoms with van der Waals surface area (Å²) in [5.41, 5.74) is 5.32. The second-order valence-corrected chi connectivity index (χ2v) is 8.48. The summed E-state index contributed by atoms with van der Waals surface area (Å²) >= 11 is 1.26. The molecule has 0 fully saturated rings. The number of aliphatic imine (C=N–C) groups is 1. The Morgan fingerprint density at radius 2 is 1.55 bits per heavy atom. The predicted octanol–water partition coefficient (Wildman–Crippen LogP) is 5.64. The summed E-state index contributed by atoms with van der Waals surface area (Å²) in [6, 6.07) is 20.5. The predicted molar refractivity (Wildman–Crippen MR) is 133 cm³/mol. The molecule has 3 aromatic rings. The Morgan fingerprint density at radius 1 is 0.848 bits per heavy atom. The number of amides is 2. The minimum absolute atomic E-state index is 0.341. The number of hydrogen-bond acceptors (Lipinski definition) is 6. The molecular formula is C25H21N5O2S. The number of carbonyl (C=O) groups is 1. The van der Waals surface area contributed by atoms with Gasteiger partial charge in [0.15, 0.2) is 0 Å². The molecule has 0 atom stereocenters. The van der Waals surface area contributed by atoms with Gasteiger partial charge in [0.1, 0.15) is 5.75 Å². The van der Waals surface area contributed by atoms with Crippen LogP contribution in [0.5, 0.6) is 5.75 Å². The Kier molecular flexibility index (Phi) is 5.58. The highest BCUT2D eigenvalue weighted by atomic mass is 32.2. The number of nitrogens with one attached hydrogen (secondary N) is 3. The second kappa shape index (κ2) is 8.84. The Bertz CT molecular complexity index is 1330. The first-order chi connectivity index (χ1) is 16.0. The van der Waals surface area contributed by atoms with E-state index in [0.717, 1.165) is 27.3 Å². The van der Waals surface area contributed by atoms with Gasteiger partial charge in [0.05, 0.1) is 5.71 Å². The molecule has 33 heavy (non-hydrogen) atoms. The van der Waals surface area contributed by atoms with Crippen molar-refractivity contribution in [3.8, 4) is 5.75 Å². The van der Waals surface area contributed by atoms with Gasteiger partial charge in [-0.1, -0.05) is 30.3 Å². The number of rotatable bonds is 1. The fourth-order valence-electron chi connectivity index (χ4n) is 3.67. The number of aryl methyl sites for hydroxylation is 2. The molecule has 5 rings (SSSR count). The van der Waals surface area contributed by atoms with Gasteiger partial charge in [-0.15, -0.1) is 0 Å². The van der Waals surface area contributed by atoms with Gasteiger partial charge < -0.3 is 15.4 Å². The summed E-state index contributed by atoms with van der Waals surface area (Å²) in [7, 11) is 0. The first-order valence-corrected chi connectivity index (χ1v) is 11.2. The maximum atomic E-state index is 12.4. The highest BCUT2D eigenvalue weighted by Crippen LogP contribution is 2.26. The first-order valence-electron chi connectivity index (χ1n) is 10.4. The van der Waals surface area contributed by atoms with Crippen molar-refractivity contribution in [2.45, 2.75) is 18.7 Å². The smallest absolute Gasteiger partial charge is 0.323 e. The number of guanidine groups is 1. The van der Waals surface area contributed by atoms with Gasteiger partial charge in [0.2, 0.25) is 11.8 Å². The van der Waals surface area contributed by atoms with Crippen LogP contribution in [-0.4, -0.2) is 17.7 Å². The van der Waals surface area contributed by atoms with Crippen LogP contribution in [-0.2, 0) is 0 Å². The number of hydrogen-bond donors (Lipinski definition) is 3. The largest absolute Gasteiger partial charge is 0.441 e. The van der Waals surface area contributed by atoms with Gasteiger partial charge >= 0.3 is 6.03 Å². The third-order valence-corrected chi connectivity index (χ3v) is 5.84. The van der Waals surface area contributed by atoms with E-state index in [1.165, 1.54) is 11.9 Å². The molecule has 0 radical (unpaired) electrons. The molecule has 7 nitrogen and oxygen atoms in total. The molecule has 0 spiro atoms. The van der Waals surface area contributed by atoms with Gasteiger partial charge in [-0.3, -0.25) is 5.32 Å². The Balaban J connectivity index is 1.61. The Hall–Kier alpha value is -4.04. The lowest BCUT2D eigenvalue weighted by Crippen LogP contribution is -2.30. The lowest BCUT2D eigenvalue weighted by Gasteiger charge is -2.19. The number of fused-ring (bicyclic) bond motifs is 6. The average molecular weight is 456 g/mol. The minimum atomic E-state index is -0.341. The zero-order valence-electron chi connectivity index (χ0n) is 18.0. The van der Waals surface area contributed by atoms with Gasteiger partial charge in [-0.05, 0) is 55.3 Å². The van der Waals surface area contributed by atoms with E-state index in [9.17, 15) is 4.79 Å². The number of carbonyl (C=O) groups excluding carboxylic acids is 1. The molecular weight excluding hydrogens is 434 g/mol. The lowest BCUT2D eigenvalue weighted by molar-refractivity contribution is 0.262. The second-order valence-electron chi connectivity index (χ2n) is 7.64. The van der Waals surface area contributed by atoms with Crippen molar-refractivity contribution >= 4 is 41.0 Å². The van der Waals surface area contributed by atoms with Crippen LogP contribution in [0.3, 0.4) is 0 Å². The van der Waals surface area contributed by atoms with E-state index in [1.807, 2.05) is 48.5 Å². The molecule has 6 bridgehead atoms. The molecule has 0 aromatic heterocycles. The molecule has 164 valence electrons. The van der Waals surface area contributed by atoms with Crippen molar-refractivity contribution in [2.75, 3.05) is 10.6 Å². The zero-order chi connectivity index (χ0) is 22.8. The number of benzene rings is 3.